The zero-order chi connectivity index (χ0) is 8.98. The third-order valence-electron chi connectivity index (χ3n) is 4.65. The van der Waals surface area contributed by atoms with E-state index in [2.05, 4.69) is 36.7 Å². The lowest BCUT2D eigenvalue weighted by Gasteiger charge is -2.17. The van der Waals surface area contributed by atoms with Crippen LogP contribution in [0.3, 0.4) is 0 Å². The van der Waals surface area contributed by atoms with E-state index < -0.39 is 0 Å². The van der Waals surface area contributed by atoms with Crippen LogP contribution >= 0.6 is 15.9 Å². The molecule has 2 atom stereocenters. The Kier molecular flexibility index (Phi) is 1.88. The van der Waals surface area contributed by atoms with Crippen molar-refractivity contribution < 1.29 is 0 Å². The Balaban J connectivity index is 2.19. The largest absolute Gasteiger partial charge is 0.0925 e. The zero-order valence-electron chi connectivity index (χ0n) is 8.36. The van der Waals surface area contributed by atoms with Crippen LogP contribution < -0.4 is 0 Å². The van der Waals surface area contributed by atoms with Crippen LogP contribution in [-0.4, -0.2) is 5.33 Å². The first-order chi connectivity index (χ1) is 5.61. The summed E-state index contributed by atoms with van der Waals surface area (Å²) < 4.78 is 0. The first-order valence-corrected chi connectivity index (χ1v) is 6.29. The number of halogens is 1. The molecule has 0 aliphatic heterocycles. The standard InChI is InChI=1S/C11H19Br/c1-4-11(8-5-6-8)9(7-12)10(11,2)3/h8-9H,4-7H2,1-3H3. The second-order valence-corrected chi connectivity index (χ2v) is 5.74. The maximum atomic E-state index is 3.66. The highest BCUT2D eigenvalue weighted by Crippen LogP contribution is 2.78. The summed E-state index contributed by atoms with van der Waals surface area (Å²) in [6.07, 6.45) is 4.39. The van der Waals surface area contributed by atoms with Gasteiger partial charge < -0.3 is 0 Å². The van der Waals surface area contributed by atoms with Gasteiger partial charge >= 0.3 is 0 Å². The second kappa shape index (κ2) is 2.50. The van der Waals surface area contributed by atoms with Gasteiger partial charge in [-0.1, -0.05) is 36.7 Å². The van der Waals surface area contributed by atoms with Crippen LogP contribution in [0.15, 0.2) is 0 Å². The van der Waals surface area contributed by atoms with Crippen molar-refractivity contribution in [2.24, 2.45) is 22.7 Å². The van der Waals surface area contributed by atoms with E-state index in [4.69, 9.17) is 0 Å². The molecule has 2 rings (SSSR count). The van der Waals surface area contributed by atoms with Gasteiger partial charge in [-0.25, -0.2) is 0 Å². The maximum absolute atomic E-state index is 3.66. The van der Waals surface area contributed by atoms with Gasteiger partial charge in [-0.05, 0) is 41.9 Å². The third kappa shape index (κ3) is 0.840. The maximum Gasteiger partial charge on any atom is 0.00705 e. The number of rotatable bonds is 3. The molecule has 12 heavy (non-hydrogen) atoms. The van der Waals surface area contributed by atoms with E-state index in [1.165, 1.54) is 24.6 Å². The van der Waals surface area contributed by atoms with Crippen LogP contribution in [0.25, 0.3) is 0 Å². The molecule has 0 spiro atoms. The van der Waals surface area contributed by atoms with Crippen molar-refractivity contribution in [3.05, 3.63) is 0 Å². The van der Waals surface area contributed by atoms with Crippen molar-refractivity contribution in [3.8, 4) is 0 Å². The molecule has 0 N–H and O–H groups in total. The van der Waals surface area contributed by atoms with Crippen LogP contribution in [0, 0.1) is 22.7 Å². The van der Waals surface area contributed by atoms with Crippen LogP contribution in [-0.2, 0) is 0 Å². The summed E-state index contributed by atoms with van der Waals surface area (Å²) in [5, 5.41) is 1.21. The van der Waals surface area contributed by atoms with E-state index in [9.17, 15) is 0 Å². The minimum atomic E-state index is 0.617. The molecular formula is C11H19Br. The van der Waals surface area contributed by atoms with Crippen LogP contribution in [0.5, 0.6) is 0 Å². The van der Waals surface area contributed by atoms with Gasteiger partial charge in [0.15, 0.2) is 0 Å². The van der Waals surface area contributed by atoms with Crippen LogP contribution in [0.2, 0.25) is 0 Å². The van der Waals surface area contributed by atoms with Crippen molar-refractivity contribution in [2.75, 3.05) is 5.33 Å². The molecule has 2 fully saturated rings. The molecule has 2 saturated carbocycles. The lowest BCUT2D eigenvalue weighted by Crippen LogP contribution is -2.10. The molecule has 0 heterocycles. The monoisotopic (exact) mass is 230 g/mol. The summed E-state index contributed by atoms with van der Waals surface area (Å²) in [6.45, 7) is 7.30. The van der Waals surface area contributed by atoms with E-state index in [0.29, 0.717) is 5.41 Å². The molecule has 0 aromatic rings. The van der Waals surface area contributed by atoms with E-state index in [0.717, 1.165) is 17.3 Å². The fourth-order valence-corrected chi connectivity index (χ4v) is 5.12. The van der Waals surface area contributed by atoms with Crippen LogP contribution in [0.1, 0.15) is 40.0 Å². The van der Waals surface area contributed by atoms with Gasteiger partial charge in [0.2, 0.25) is 0 Å². The minimum absolute atomic E-state index is 0.617. The molecule has 1 heteroatoms. The Morgan fingerprint density at radius 1 is 1.33 bits per heavy atom. The lowest BCUT2D eigenvalue weighted by atomic mass is 9.88. The van der Waals surface area contributed by atoms with E-state index in [1.54, 1.807) is 0 Å². The third-order valence-corrected chi connectivity index (χ3v) is 5.30. The van der Waals surface area contributed by atoms with Gasteiger partial charge in [0.25, 0.3) is 0 Å². The highest BCUT2D eigenvalue weighted by atomic mass is 79.9. The van der Waals surface area contributed by atoms with Gasteiger partial charge in [0, 0.05) is 5.33 Å². The fourth-order valence-electron chi connectivity index (χ4n) is 3.73. The van der Waals surface area contributed by atoms with Gasteiger partial charge in [-0.3, -0.25) is 0 Å². The van der Waals surface area contributed by atoms with Gasteiger partial charge in [-0.2, -0.15) is 0 Å². The Hall–Kier alpha value is 0.480. The Morgan fingerprint density at radius 3 is 2.17 bits per heavy atom. The molecule has 0 aromatic carbocycles. The van der Waals surface area contributed by atoms with Crippen molar-refractivity contribution in [2.45, 2.75) is 40.0 Å². The minimum Gasteiger partial charge on any atom is -0.0925 e. The summed E-state index contributed by atoms with van der Waals surface area (Å²) in [6, 6.07) is 0. The average molecular weight is 231 g/mol. The van der Waals surface area contributed by atoms with Gasteiger partial charge in [0.1, 0.15) is 0 Å². The van der Waals surface area contributed by atoms with E-state index >= 15 is 0 Å². The molecule has 2 aliphatic rings. The number of hydrogen-bond donors (Lipinski definition) is 0. The van der Waals surface area contributed by atoms with Gasteiger partial charge in [-0.15, -0.1) is 0 Å². The summed E-state index contributed by atoms with van der Waals surface area (Å²) in [4.78, 5) is 0. The van der Waals surface area contributed by atoms with E-state index in [-0.39, 0.29) is 0 Å². The summed E-state index contributed by atoms with van der Waals surface area (Å²) in [5.74, 6) is 2.02. The number of hydrogen-bond acceptors (Lipinski definition) is 0. The molecule has 2 aliphatic carbocycles. The highest BCUT2D eigenvalue weighted by Gasteiger charge is 2.73. The Morgan fingerprint density at radius 2 is 1.92 bits per heavy atom. The fraction of sp³-hybridized carbons (Fsp3) is 1.00. The molecule has 0 nitrogen and oxygen atoms in total. The smallest absolute Gasteiger partial charge is 0.00705 e. The van der Waals surface area contributed by atoms with Crippen LogP contribution in [0.4, 0.5) is 0 Å². The summed E-state index contributed by atoms with van der Waals surface area (Å²) in [7, 11) is 0. The molecule has 0 saturated heterocycles. The predicted molar refractivity (Wildman–Crippen MR) is 56.5 cm³/mol. The summed E-state index contributed by atoms with van der Waals surface area (Å²) >= 11 is 3.66. The van der Waals surface area contributed by atoms with Crippen molar-refractivity contribution >= 4 is 15.9 Å². The Labute approximate surface area is 84.2 Å². The van der Waals surface area contributed by atoms with E-state index in [1.807, 2.05) is 0 Å². The zero-order valence-corrected chi connectivity index (χ0v) is 9.95. The normalized spacial score (nSPS) is 44.5. The van der Waals surface area contributed by atoms with Crippen molar-refractivity contribution in [1.29, 1.82) is 0 Å². The number of alkyl halides is 1. The van der Waals surface area contributed by atoms with Crippen molar-refractivity contribution in [3.63, 3.8) is 0 Å². The average Bonchev–Trinajstić information content (AvgIpc) is 2.85. The highest BCUT2D eigenvalue weighted by molar-refractivity contribution is 9.09. The SMILES string of the molecule is CCC1(C2CC2)C(CBr)C1(C)C. The topological polar surface area (TPSA) is 0 Å². The molecule has 0 radical (unpaired) electrons. The summed E-state index contributed by atoms with van der Waals surface area (Å²) in [5.41, 5.74) is 1.34. The van der Waals surface area contributed by atoms with Gasteiger partial charge in [0.05, 0.1) is 0 Å². The Bertz CT molecular complexity index is 193. The quantitative estimate of drug-likeness (QED) is 0.647. The molecule has 70 valence electrons. The molecule has 0 aromatic heterocycles. The lowest BCUT2D eigenvalue weighted by molar-refractivity contribution is 0.318. The molecule has 2 unspecified atom stereocenters. The predicted octanol–water partition coefficient (Wildman–Crippen LogP) is 3.84. The van der Waals surface area contributed by atoms with Crippen molar-refractivity contribution in [1.82, 2.24) is 0 Å². The molecular weight excluding hydrogens is 212 g/mol. The molecule has 0 amide bonds. The first kappa shape index (κ1) is 9.05. The second-order valence-electron chi connectivity index (χ2n) is 5.10. The molecule has 0 bridgehead atoms. The first-order valence-electron chi connectivity index (χ1n) is 5.17.